The minimum Gasteiger partial charge on any atom is -0.310 e. The van der Waals surface area contributed by atoms with Gasteiger partial charge in [-0.2, -0.15) is 0 Å². The summed E-state index contributed by atoms with van der Waals surface area (Å²) in [7, 11) is 0. The van der Waals surface area contributed by atoms with Crippen molar-refractivity contribution in [2.24, 2.45) is 0 Å². The predicted octanol–water partition coefficient (Wildman–Crippen LogP) is 31.5. The molecule has 0 amide bonds. The second-order valence-electron chi connectivity index (χ2n) is 30.8. The van der Waals surface area contributed by atoms with Crippen LogP contribution < -0.4 is 19.6 Å². The molecule has 115 heavy (non-hydrogen) atoms. The predicted molar refractivity (Wildman–Crippen MR) is 490 cm³/mol. The second-order valence-corrected chi connectivity index (χ2v) is 30.8. The summed E-state index contributed by atoms with van der Waals surface area (Å²) in [6.07, 6.45) is 0. The summed E-state index contributed by atoms with van der Waals surface area (Å²) in [6.45, 7) is 4.89. The van der Waals surface area contributed by atoms with Gasteiger partial charge in [0.05, 0.1) is 11.4 Å². The fourth-order valence-electron chi connectivity index (χ4n) is 17.9. The Morgan fingerprint density at radius 3 is 0.765 bits per heavy atom. The van der Waals surface area contributed by atoms with E-state index >= 15 is 0 Å². The summed E-state index contributed by atoms with van der Waals surface area (Å²) in [6, 6.07) is 162. The van der Waals surface area contributed by atoms with Crippen LogP contribution in [0.15, 0.2) is 437 Å². The van der Waals surface area contributed by atoms with Crippen molar-refractivity contribution in [1.29, 1.82) is 0 Å². The monoisotopic (exact) mass is 1470 g/mol. The van der Waals surface area contributed by atoms with Gasteiger partial charge in [0, 0.05) is 83.8 Å². The first-order valence-corrected chi connectivity index (χ1v) is 39.8. The van der Waals surface area contributed by atoms with Crippen LogP contribution in [0.1, 0.15) is 25.0 Å². The fourth-order valence-corrected chi connectivity index (χ4v) is 17.9. The van der Waals surface area contributed by atoms with E-state index in [-0.39, 0.29) is 0 Å². The van der Waals surface area contributed by atoms with E-state index in [4.69, 9.17) is 0 Å². The zero-order valence-corrected chi connectivity index (χ0v) is 63.9. The van der Waals surface area contributed by atoms with Crippen LogP contribution in [-0.2, 0) is 5.41 Å². The van der Waals surface area contributed by atoms with Crippen molar-refractivity contribution >= 4 is 133 Å². The van der Waals surface area contributed by atoms with E-state index in [9.17, 15) is 0 Å². The van der Waals surface area contributed by atoms with Crippen LogP contribution in [0, 0.1) is 0 Å². The van der Waals surface area contributed by atoms with Crippen molar-refractivity contribution in [3.05, 3.63) is 448 Å². The molecule has 0 heterocycles. The molecule has 4 heteroatoms. The van der Waals surface area contributed by atoms with Crippen molar-refractivity contribution in [3.63, 3.8) is 0 Å². The van der Waals surface area contributed by atoms with Crippen molar-refractivity contribution in [2.75, 3.05) is 19.6 Å². The minimum atomic E-state index is -0.510. The van der Waals surface area contributed by atoms with Crippen molar-refractivity contribution in [2.45, 2.75) is 19.3 Å². The Hall–Kier alpha value is -14.8. The zero-order valence-electron chi connectivity index (χ0n) is 63.9. The largest absolute Gasteiger partial charge is 0.310 e. The summed E-state index contributed by atoms with van der Waals surface area (Å²) in [5, 5.41) is 13.7. The number of hydrogen-bond donors (Lipinski definition) is 0. The third kappa shape index (κ3) is 12.4. The van der Waals surface area contributed by atoms with Crippen LogP contribution in [0.25, 0.3) is 120 Å². The second kappa shape index (κ2) is 28.5. The van der Waals surface area contributed by atoms with E-state index in [2.05, 4.69) is 470 Å². The van der Waals surface area contributed by atoms with Crippen LogP contribution in [0.3, 0.4) is 0 Å². The molecular formula is C111H78N4. The Morgan fingerprint density at radius 2 is 0.400 bits per heavy atom. The number of anilines is 12. The molecule has 21 rings (SSSR count). The molecule has 20 aromatic rings. The maximum atomic E-state index is 2.60. The van der Waals surface area contributed by atoms with Gasteiger partial charge < -0.3 is 19.6 Å². The van der Waals surface area contributed by atoms with Gasteiger partial charge in [-0.1, -0.05) is 317 Å². The van der Waals surface area contributed by atoms with Crippen molar-refractivity contribution in [1.82, 2.24) is 0 Å². The molecule has 0 unspecified atom stereocenters. The van der Waals surface area contributed by atoms with Crippen LogP contribution in [0.5, 0.6) is 0 Å². The number of nitrogens with zero attached hydrogens (tertiary/aromatic N) is 4. The Kier molecular flexibility index (Phi) is 16.9. The molecule has 1 aliphatic carbocycles. The quantitative estimate of drug-likeness (QED) is 0.0706. The van der Waals surface area contributed by atoms with Gasteiger partial charge in [0.25, 0.3) is 0 Å². The molecule has 0 fully saturated rings. The van der Waals surface area contributed by atoms with Gasteiger partial charge in [-0.25, -0.2) is 0 Å². The first-order valence-electron chi connectivity index (χ1n) is 39.8. The average Bonchev–Trinajstić information content (AvgIpc) is 1.11. The molecular weight excluding hydrogens is 1390 g/mol. The fraction of sp³-hybridized carbons (Fsp3) is 0.0270. The van der Waals surface area contributed by atoms with E-state index in [1.165, 1.54) is 65.9 Å². The first kappa shape index (κ1) is 68.2. The molecule has 1 aliphatic rings. The standard InChI is InChI=1S/C111H78N4/c1-111(2)107-72-100(113(96-60-48-80-32-16-20-36-88(80)68-96)92-53-41-84(42-54-92)76-25-9-4-10-26-76)63-65-101(107)103-73-105-106(74-108(103)111)109(114(97-61-49-81-33-17-21-37-89(81)69-97)93-55-43-85(44-56-93)77-27-11-5-12-28-77)102-66-64-99(112(95-59-47-79-31-15-19-35-87(79)67-95)91-51-39-83(40-52-91)75-23-7-3-8-24-75)71-104(102)110(105)115(98-62-50-82-34-18-22-38-90(82)70-98)94-57-45-86(46-58-94)78-29-13-6-14-30-78/h3-74H,1-2H3. The highest BCUT2D eigenvalue weighted by molar-refractivity contribution is 6.25. The molecule has 4 nitrogen and oxygen atoms in total. The van der Waals surface area contributed by atoms with Gasteiger partial charge in [-0.15, -0.1) is 0 Å². The van der Waals surface area contributed by atoms with Crippen LogP contribution in [-0.4, -0.2) is 0 Å². The Labute approximate surface area is 670 Å². The Morgan fingerprint density at radius 1 is 0.157 bits per heavy atom. The van der Waals surface area contributed by atoms with E-state index < -0.39 is 5.41 Å². The van der Waals surface area contributed by atoms with E-state index in [0.29, 0.717) is 0 Å². The molecule has 0 aliphatic heterocycles. The summed E-state index contributed by atoms with van der Waals surface area (Å²) in [5.41, 5.74) is 26.3. The van der Waals surface area contributed by atoms with Gasteiger partial charge in [-0.05, 0) is 243 Å². The van der Waals surface area contributed by atoms with Gasteiger partial charge in [0.15, 0.2) is 0 Å². The lowest BCUT2D eigenvalue weighted by molar-refractivity contribution is 0.661. The normalized spacial score (nSPS) is 12.2. The Balaban J connectivity index is 0.877. The number of benzene rings is 20. The Bertz CT molecular complexity index is 7080. The molecule has 0 bridgehead atoms. The number of fused-ring (bicyclic) bond motifs is 9. The molecule has 0 saturated heterocycles. The van der Waals surface area contributed by atoms with Gasteiger partial charge in [0.2, 0.25) is 0 Å². The van der Waals surface area contributed by atoms with Gasteiger partial charge in [-0.3, -0.25) is 0 Å². The van der Waals surface area contributed by atoms with E-state index in [1.54, 1.807) is 0 Å². The number of rotatable bonds is 16. The summed E-state index contributed by atoms with van der Waals surface area (Å²) < 4.78 is 0. The van der Waals surface area contributed by atoms with Gasteiger partial charge >= 0.3 is 0 Å². The lowest BCUT2D eigenvalue weighted by atomic mass is 9.81. The molecule has 0 N–H and O–H groups in total. The lowest BCUT2D eigenvalue weighted by Crippen LogP contribution is -2.18. The molecule has 20 aromatic carbocycles. The molecule has 0 atom stereocenters. The minimum absolute atomic E-state index is 0.510. The van der Waals surface area contributed by atoms with Crippen molar-refractivity contribution < 1.29 is 0 Å². The molecule has 0 aromatic heterocycles. The third-order valence-electron chi connectivity index (χ3n) is 23.7. The maximum Gasteiger partial charge on any atom is 0.0620 e. The third-order valence-corrected chi connectivity index (χ3v) is 23.7. The smallest absolute Gasteiger partial charge is 0.0620 e. The highest BCUT2D eigenvalue weighted by Crippen LogP contribution is 2.59. The van der Waals surface area contributed by atoms with Crippen LogP contribution in [0.2, 0.25) is 0 Å². The zero-order chi connectivity index (χ0) is 76.5. The van der Waals surface area contributed by atoms with E-state index in [1.807, 2.05) is 0 Å². The number of hydrogen-bond acceptors (Lipinski definition) is 4. The molecule has 0 radical (unpaired) electrons. The SMILES string of the molecule is CC1(C)c2cc(N(c3ccc(-c4ccccc4)cc3)c3ccc4ccccc4c3)ccc2-c2cc3c(N(c4ccc(-c5ccccc5)cc4)c4ccc5ccccc5c4)c4cc(N(c5ccc(-c6ccccc6)cc5)c5ccc6ccccc6c5)ccc4c(N(c4ccc(-c5ccccc5)cc4)c4ccc5ccccc5c4)c3cc21. The van der Waals surface area contributed by atoms with E-state index in [0.717, 1.165) is 134 Å². The van der Waals surface area contributed by atoms with Crippen molar-refractivity contribution in [3.8, 4) is 55.6 Å². The highest BCUT2D eigenvalue weighted by atomic mass is 15.2. The topological polar surface area (TPSA) is 13.0 Å². The lowest BCUT2D eigenvalue weighted by Gasteiger charge is -2.34. The summed E-state index contributed by atoms with van der Waals surface area (Å²) >= 11 is 0. The first-order chi connectivity index (χ1) is 56.7. The summed E-state index contributed by atoms with van der Waals surface area (Å²) in [5.74, 6) is 0. The average molecular weight is 1470 g/mol. The highest BCUT2D eigenvalue weighted by Gasteiger charge is 2.39. The molecule has 542 valence electrons. The van der Waals surface area contributed by atoms with Crippen LogP contribution >= 0.6 is 0 Å². The maximum absolute atomic E-state index is 2.60. The van der Waals surface area contributed by atoms with Crippen LogP contribution in [0.4, 0.5) is 68.2 Å². The van der Waals surface area contributed by atoms with Gasteiger partial charge in [0.1, 0.15) is 0 Å². The molecule has 0 spiro atoms. The summed E-state index contributed by atoms with van der Waals surface area (Å²) in [4.78, 5) is 10.1. The molecule has 0 saturated carbocycles.